The van der Waals surface area contributed by atoms with E-state index in [4.69, 9.17) is 4.74 Å². The normalized spacial score (nSPS) is 32.0. The van der Waals surface area contributed by atoms with Gasteiger partial charge in [0, 0.05) is 48.9 Å². The predicted molar refractivity (Wildman–Crippen MR) is 101 cm³/mol. The number of carbonyl (C=O) groups excluding carboxylic acids is 1. The number of likely N-dealkylation sites (tertiary alicyclic amines) is 1. The number of rotatable bonds is 5. The molecule has 1 aromatic carbocycles. The Kier molecular flexibility index (Phi) is 4.06. The zero-order valence-electron chi connectivity index (χ0n) is 15.6. The summed E-state index contributed by atoms with van der Waals surface area (Å²) in [4.78, 5) is 22.7. The summed E-state index contributed by atoms with van der Waals surface area (Å²) in [6.45, 7) is 5.55. The fraction of sp³-hybridized carbons (Fsp3) is 0.524. The molecule has 0 saturated carbocycles. The third-order valence-corrected chi connectivity index (χ3v) is 6.52. The predicted octanol–water partition coefficient (Wildman–Crippen LogP) is 2.13. The maximum absolute atomic E-state index is 12.4. The first-order valence-electron chi connectivity index (χ1n) is 9.87. The number of benzene rings is 1. The molecule has 0 radical (unpaired) electrons. The molecule has 27 heavy (non-hydrogen) atoms. The van der Waals surface area contributed by atoms with Crippen molar-refractivity contribution >= 4 is 5.91 Å². The highest BCUT2D eigenvalue weighted by atomic mass is 16.5. The molecule has 1 aromatic heterocycles. The SMILES string of the molecule is Cc1cnc(CN2C[C@@H]3[C@H](CNC(=O)c4ccccc4)[C@H]4CC[C@]3(C2)O4)[nH]1. The lowest BCUT2D eigenvalue weighted by Crippen LogP contribution is -2.41. The Morgan fingerprint density at radius 1 is 1.41 bits per heavy atom. The van der Waals surface area contributed by atoms with E-state index < -0.39 is 0 Å². The summed E-state index contributed by atoms with van der Waals surface area (Å²) >= 11 is 0. The van der Waals surface area contributed by atoms with Crippen LogP contribution in [-0.2, 0) is 11.3 Å². The molecule has 1 spiro atoms. The van der Waals surface area contributed by atoms with Gasteiger partial charge in [-0.1, -0.05) is 18.2 Å². The maximum atomic E-state index is 12.4. The van der Waals surface area contributed by atoms with Crippen LogP contribution in [0.3, 0.4) is 0 Å². The number of H-pyrrole nitrogens is 1. The van der Waals surface area contributed by atoms with Crippen molar-refractivity contribution in [3.63, 3.8) is 0 Å². The molecule has 1 amide bonds. The van der Waals surface area contributed by atoms with E-state index in [1.165, 1.54) is 0 Å². The van der Waals surface area contributed by atoms with Gasteiger partial charge in [-0.05, 0) is 31.9 Å². The standard InChI is InChI=1S/C21H26N4O2/c1-14-9-22-19(24-14)12-25-11-17-16(18-7-8-21(17,13-25)27-18)10-23-20(26)15-5-3-2-4-6-15/h2-6,9,16-18H,7-8,10-13H2,1H3,(H,22,24)(H,23,26)/t16-,17+,18+,21+/m0/s1. The number of carbonyl (C=O) groups is 1. The topological polar surface area (TPSA) is 70.2 Å². The molecule has 3 fully saturated rings. The van der Waals surface area contributed by atoms with Gasteiger partial charge in [0.1, 0.15) is 5.82 Å². The number of fused-ring (bicyclic) bond motifs is 1. The van der Waals surface area contributed by atoms with Crippen LogP contribution in [0.25, 0.3) is 0 Å². The van der Waals surface area contributed by atoms with Gasteiger partial charge in [-0.25, -0.2) is 4.98 Å². The van der Waals surface area contributed by atoms with Crippen LogP contribution in [0, 0.1) is 18.8 Å². The van der Waals surface area contributed by atoms with Gasteiger partial charge >= 0.3 is 0 Å². The van der Waals surface area contributed by atoms with E-state index in [1.807, 2.05) is 43.5 Å². The lowest BCUT2D eigenvalue weighted by molar-refractivity contribution is 0.00196. The molecule has 2 N–H and O–H groups in total. The van der Waals surface area contributed by atoms with E-state index in [0.29, 0.717) is 24.5 Å². The van der Waals surface area contributed by atoms with Crippen LogP contribution in [0.5, 0.6) is 0 Å². The number of amides is 1. The highest BCUT2D eigenvalue weighted by molar-refractivity contribution is 5.94. The summed E-state index contributed by atoms with van der Waals surface area (Å²) in [6.07, 6.45) is 4.42. The Hall–Kier alpha value is -2.18. The Balaban J connectivity index is 1.25. The van der Waals surface area contributed by atoms with Gasteiger partial charge in [0.2, 0.25) is 0 Å². The molecular formula is C21H26N4O2. The number of aryl methyl sites for hydroxylation is 1. The number of imidazole rings is 1. The average molecular weight is 366 g/mol. The molecular weight excluding hydrogens is 340 g/mol. The van der Waals surface area contributed by atoms with Crippen molar-refractivity contribution < 1.29 is 9.53 Å². The minimum Gasteiger partial charge on any atom is -0.370 e. The molecule has 4 heterocycles. The summed E-state index contributed by atoms with van der Waals surface area (Å²) in [7, 11) is 0. The van der Waals surface area contributed by atoms with Gasteiger partial charge in [-0.15, -0.1) is 0 Å². The second-order valence-electron chi connectivity index (χ2n) is 8.29. The van der Waals surface area contributed by atoms with Gasteiger partial charge in [-0.3, -0.25) is 9.69 Å². The fourth-order valence-electron chi connectivity index (χ4n) is 5.34. The molecule has 6 heteroatoms. The zero-order valence-corrected chi connectivity index (χ0v) is 15.6. The second kappa shape index (κ2) is 6.46. The number of aromatic amines is 1. The number of hydrogen-bond acceptors (Lipinski definition) is 4. The van der Waals surface area contributed by atoms with Crippen molar-refractivity contribution in [2.45, 2.75) is 38.0 Å². The largest absolute Gasteiger partial charge is 0.370 e. The average Bonchev–Trinajstić information content (AvgIpc) is 3.41. The van der Waals surface area contributed by atoms with Crippen LogP contribution >= 0.6 is 0 Å². The van der Waals surface area contributed by atoms with Crippen molar-refractivity contribution in [2.24, 2.45) is 11.8 Å². The molecule has 0 aliphatic carbocycles. The highest BCUT2D eigenvalue weighted by Gasteiger charge is 2.62. The fourth-order valence-corrected chi connectivity index (χ4v) is 5.34. The molecule has 3 aliphatic heterocycles. The lowest BCUT2D eigenvalue weighted by atomic mass is 9.73. The maximum Gasteiger partial charge on any atom is 0.251 e. The van der Waals surface area contributed by atoms with E-state index >= 15 is 0 Å². The van der Waals surface area contributed by atoms with Crippen molar-refractivity contribution in [3.05, 3.63) is 53.6 Å². The Morgan fingerprint density at radius 3 is 3.04 bits per heavy atom. The minimum absolute atomic E-state index is 0.00772. The van der Waals surface area contributed by atoms with Gasteiger partial charge in [0.05, 0.1) is 18.2 Å². The first kappa shape index (κ1) is 17.0. The molecule has 5 rings (SSSR count). The van der Waals surface area contributed by atoms with Gasteiger partial charge in [0.15, 0.2) is 0 Å². The first-order valence-corrected chi connectivity index (χ1v) is 9.87. The lowest BCUT2D eigenvalue weighted by Gasteiger charge is -2.29. The van der Waals surface area contributed by atoms with Crippen LogP contribution in [0.15, 0.2) is 36.5 Å². The Bertz CT molecular complexity index is 836. The van der Waals surface area contributed by atoms with Crippen molar-refractivity contribution in [1.29, 1.82) is 0 Å². The molecule has 4 atom stereocenters. The van der Waals surface area contributed by atoms with E-state index in [-0.39, 0.29) is 11.5 Å². The van der Waals surface area contributed by atoms with Crippen molar-refractivity contribution in [1.82, 2.24) is 20.2 Å². The number of hydrogen-bond donors (Lipinski definition) is 2. The summed E-state index contributed by atoms with van der Waals surface area (Å²) in [6, 6.07) is 9.44. The van der Waals surface area contributed by atoms with E-state index in [9.17, 15) is 4.79 Å². The minimum atomic E-state index is -0.0194. The van der Waals surface area contributed by atoms with E-state index in [0.717, 1.165) is 49.6 Å². The number of nitrogens with zero attached hydrogens (tertiary/aromatic N) is 2. The molecule has 0 unspecified atom stereocenters. The Labute approximate surface area is 159 Å². The number of aromatic nitrogens is 2. The molecule has 3 aliphatic rings. The summed E-state index contributed by atoms with van der Waals surface area (Å²) in [5.41, 5.74) is 1.80. The number of nitrogens with one attached hydrogen (secondary N) is 2. The van der Waals surface area contributed by atoms with Crippen LogP contribution in [0.1, 0.15) is 34.7 Å². The smallest absolute Gasteiger partial charge is 0.251 e. The van der Waals surface area contributed by atoms with Crippen molar-refractivity contribution in [2.75, 3.05) is 19.6 Å². The zero-order chi connectivity index (χ0) is 18.4. The molecule has 3 saturated heterocycles. The monoisotopic (exact) mass is 366 g/mol. The van der Waals surface area contributed by atoms with Crippen LogP contribution in [0.4, 0.5) is 0 Å². The second-order valence-corrected chi connectivity index (χ2v) is 8.29. The molecule has 2 bridgehead atoms. The molecule has 2 aromatic rings. The summed E-state index contributed by atoms with van der Waals surface area (Å²) < 4.78 is 6.48. The van der Waals surface area contributed by atoms with E-state index in [2.05, 4.69) is 20.2 Å². The van der Waals surface area contributed by atoms with Gasteiger partial charge in [0.25, 0.3) is 5.91 Å². The summed E-state index contributed by atoms with van der Waals surface area (Å²) in [5.74, 6) is 1.92. The third-order valence-electron chi connectivity index (χ3n) is 6.52. The van der Waals surface area contributed by atoms with E-state index in [1.54, 1.807) is 0 Å². The van der Waals surface area contributed by atoms with Crippen LogP contribution in [-0.4, -0.2) is 52.1 Å². The van der Waals surface area contributed by atoms with Gasteiger partial charge < -0.3 is 15.0 Å². The van der Waals surface area contributed by atoms with Crippen LogP contribution in [0.2, 0.25) is 0 Å². The number of ether oxygens (including phenoxy) is 1. The van der Waals surface area contributed by atoms with Crippen LogP contribution < -0.4 is 5.32 Å². The molecule has 142 valence electrons. The Morgan fingerprint density at radius 2 is 2.26 bits per heavy atom. The first-order chi connectivity index (χ1) is 13.1. The van der Waals surface area contributed by atoms with Crippen molar-refractivity contribution in [3.8, 4) is 0 Å². The third kappa shape index (κ3) is 2.97. The highest BCUT2D eigenvalue weighted by Crippen LogP contribution is 2.54. The quantitative estimate of drug-likeness (QED) is 0.850. The summed E-state index contributed by atoms with van der Waals surface area (Å²) in [5, 5.41) is 3.15. The van der Waals surface area contributed by atoms with Gasteiger partial charge in [-0.2, -0.15) is 0 Å². The molecule has 6 nitrogen and oxygen atoms in total.